The van der Waals surface area contributed by atoms with Gasteiger partial charge < -0.3 is 11.1 Å². The van der Waals surface area contributed by atoms with Gasteiger partial charge in [-0.2, -0.15) is 4.37 Å². The summed E-state index contributed by atoms with van der Waals surface area (Å²) in [7, 11) is 0. The van der Waals surface area contributed by atoms with E-state index in [0.717, 1.165) is 31.4 Å². The van der Waals surface area contributed by atoms with Crippen molar-refractivity contribution in [1.29, 1.82) is 0 Å². The first-order valence-electron chi connectivity index (χ1n) is 5.64. The van der Waals surface area contributed by atoms with Gasteiger partial charge >= 0.3 is 0 Å². The Morgan fingerprint density at radius 2 is 2.19 bits per heavy atom. The number of aryl methyl sites for hydroxylation is 1. The third-order valence-electron chi connectivity index (χ3n) is 3.10. The molecule has 1 aliphatic rings. The van der Waals surface area contributed by atoms with Crippen LogP contribution in [0.5, 0.6) is 0 Å². The summed E-state index contributed by atoms with van der Waals surface area (Å²) in [5, 5.41) is 4.86. The minimum atomic E-state index is 0.00622. The third kappa shape index (κ3) is 2.59. The second-order valence-electron chi connectivity index (χ2n) is 4.40. The number of aromatic nitrogens is 1. The molecule has 5 heteroatoms. The fourth-order valence-corrected chi connectivity index (χ4v) is 2.73. The second-order valence-corrected chi connectivity index (χ2v) is 5.03. The van der Waals surface area contributed by atoms with Crippen molar-refractivity contribution in [2.45, 2.75) is 44.7 Å². The van der Waals surface area contributed by atoms with Gasteiger partial charge in [0.05, 0.1) is 11.3 Å². The summed E-state index contributed by atoms with van der Waals surface area (Å²) in [6.07, 6.45) is 3.99. The molecule has 1 heterocycles. The maximum absolute atomic E-state index is 11.9. The van der Waals surface area contributed by atoms with Crippen LogP contribution < -0.4 is 11.1 Å². The van der Waals surface area contributed by atoms with E-state index in [1.54, 1.807) is 5.38 Å². The zero-order valence-corrected chi connectivity index (χ0v) is 10.2. The molecule has 1 aliphatic carbocycles. The molecule has 1 aromatic heterocycles. The Morgan fingerprint density at radius 3 is 2.75 bits per heavy atom. The van der Waals surface area contributed by atoms with Crippen LogP contribution in [0, 0.1) is 6.92 Å². The highest BCUT2D eigenvalue weighted by Gasteiger charge is 2.21. The molecule has 4 nitrogen and oxygen atoms in total. The van der Waals surface area contributed by atoms with Crippen LogP contribution in [-0.2, 0) is 0 Å². The molecule has 0 saturated heterocycles. The lowest BCUT2D eigenvalue weighted by Gasteiger charge is -2.26. The molecule has 0 aromatic carbocycles. The van der Waals surface area contributed by atoms with Crippen molar-refractivity contribution < 1.29 is 4.79 Å². The summed E-state index contributed by atoms with van der Waals surface area (Å²) in [6, 6.07) is 0.601. The van der Waals surface area contributed by atoms with Gasteiger partial charge in [-0.3, -0.25) is 4.79 Å². The van der Waals surface area contributed by atoms with Crippen LogP contribution in [0.3, 0.4) is 0 Å². The second kappa shape index (κ2) is 4.93. The molecule has 1 aromatic rings. The van der Waals surface area contributed by atoms with Gasteiger partial charge in [-0.25, -0.2) is 0 Å². The van der Waals surface area contributed by atoms with Crippen molar-refractivity contribution >= 4 is 17.4 Å². The molecule has 88 valence electrons. The molecule has 0 spiro atoms. The van der Waals surface area contributed by atoms with E-state index >= 15 is 0 Å². The van der Waals surface area contributed by atoms with E-state index in [4.69, 9.17) is 5.73 Å². The number of amides is 1. The highest BCUT2D eigenvalue weighted by Crippen LogP contribution is 2.18. The van der Waals surface area contributed by atoms with E-state index in [1.165, 1.54) is 11.5 Å². The Labute approximate surface area is 99.4 Å². The lowest BCUT2D eigenvalue weighted by Crippen LogP contribution is -2.40. The Morgan fingerprint density at radius 1 is 1.50 bits per heavy atom. The lowest BCUT2D eigenvalue weighted by atomic mass is 9.91. The normalized spacial score (nSPS) is 25.4. The fourth-order valence-electron chi connectivity index (χ4n) is 2.04. The van der Waals surface area contributed by atoms with Gasteiger partial charge in [0.1, 0.15) is 0 Å². The Hall–Kier alpha value is -0.940. The van der Waals surface area contributed by atoms with Crippen LogP contribution >= 0.6 is 11.5 Å². The predicted molar refractivity (Wildman–Crippen MR) is 64.5 cm³/mol. The molecule has 1 fully saturated rings. The van der Waals surface area contributed by atoms with Gasteiger partial charge in [-0.1, -0.05) is 0 Å². The van der Waals surface area contributed by atoms with Gasteiger partial charge in [-0.15, -0.1) is 0 Å². The van der Waals surface area contributed by atoms with Gasteiger partial charge in [0.15, 0.2) is 0 Å². The van der Waals surface area contributed by atoms with Crippen molar-refractivity contribution in [3.05, 3.63) is 16.6 Å². The standard InChI is InChI=1S/C11H17N3OS/c1-7-10(6-16-14-7)11(15)13-9-4-2-8(12)3-5-9/h6,8-9H,2-5,12H2,1H3,(H,13,15). The number of rotatable bonds is 2. The van der Waals surface area contributed by atoms with E-state index in [1.807, 2.05) is 6.92 Å². The first-order chi connectivity index (χ1) is 7.66. The number of carbonyl (C=O) groups is 1. The summed E-state index contributed by atoms with van der Waals surface area (Å²) in [5.74, 6) is 0.00622. The molecule has 2 rings (SSSR count). The molecule has 0 bridgehead atoms. The van der Waals surface area contributed by atoms with Crippen molar-refractivity contribution in [2.24, 2.45) is 5.73 Å². The van der Waals surface area contributed by atoms with Crippen LogP contribution in [0.1, 0.15) is 41.7 Å². The summed E-state index contributed by atoms with van der Waals surface area (Å²) in [6.45, 7) is 1.86. The molecule has 0 radical (unpaired) electrons. The van der Waals surface area contributed by atoms with E-state index < -0.39 is 0 Å². The molecule has 16 heavy (non-hydrogen) atoms. The SMILES string of the molecule is Cc1nscc1C(=O)NC1CCC(N)CC1. The number of hydrogen-bond acceptors (Lipinski definition) is 4. The molecule has 3 N–H and O–H groups in total. The maximum atomic E-state index is 11.9. The highest BCUT2D eigenvalue weighted by molar-refractivity contribution is 7.03. The molecule has 1 amide bonds. The van der Waals surface area contributed by atoms with Gasteiger partial charge in [0.25, 0.3) is 5.91 Å². The minimum Gasteiger partial charge on any atom is -0.349 e. The number of carbonyl (C=O) groups excluding carboxylic acids is 1. The first kappa shape index (κ1) is 11.5. The first-order valence-corrected chi connectivity index (χ1v) is 6.48. The minimum absolute atomic E-state index is 0.00622. The van der Waals surface area contributed by atoms with Crippen LogP contribution in [0.4, 0.5) is 0 Å². The van der Waals surface area contributed by atoms with Crippen molar-refractivity contribution in [2.75, 3.05) is 0 Å². The summed E-state index contributed by atoms with van der Waals surface area (Å²) in [5.41, 5.74) is 7.35. The smallest absolute Gasteiger partial charge is 0.254 e. The summed E-state index contributed by atoms with van der Waals surface area (Å²) < 4.78 is 4.10. The topological polar surface area (TPSA) is 68.0 Å². The van der Waals surface area contributed by atoms with E-state index in [2.05, 4.69) is 9.69 Å². The summed E-state index contributed by atoms with van der Waals surface area (Å²) >= 11 is 1.33. The monoisotopic (exact) mass is 239 g/mol. The van der Waals surface area contributed by atoms with Gasteiger partial charge in [0, 0.05) is 17.5 Å². The largest absolute Gasteiger partial charge is 0.349 e. The van der Waals surface area contributed by atoms with Crippen molar-refractivity contribution in [1.82, 2.24) is 9.69 Å². The maximum Gasteiger partial charge on any atom is 0.254 e. The van der Waals surface area contributed by atoms with Crippen molar-refractivity contribution in [3.63, 3.8) is 0 Å². The molecule has 0 unspecified atom stereocenters. The number of nitrogens with two attached hydrogens (primary N) is 1. The average Bonchev–Trinajstić information content (AvgIpc) is 2.68. The van der Waals surface area contributed by atoms with Crippen molar-refractivity contribution in [3.8, 4) is 0 Å². The molecule has 1 saturated carbocycles. The average molecular weight is 239 g/mol. The zero-order valence-electron chi connectivity index (χ0n) is 9.40. The highest BCUT2D eigenvalue weighted by atomic mass is 32.1. The molecular formula is C11H17N3OS. The lowest BCUT2D eigenvalue weighted by molar-refractivity contribution is 0.0925. The van der Waals surface area contributed by atoms with Crippen LogP contribution in [0.2, 0.25) is 0 Å². The summed E-state index contributed by atoms with van der Waals surface area (Å²) in [4.78, 5) is 11.9. The Kier molecular flexibility index (Phi) is 3.56. The number of nitrogens with zero attached hydrogens (tertiary/aromatic N) is 1. The number of hydrogen-bond donors (Lipinski definition) is 2. The van der Waals surface area contributed by atoms with E-state index in [9.17, 15) is 4.79 Å². The predicted octanol–water partition coefficient (Wildman–Crippen LogP) is 1.45. The van der Waals surface area contributed by atoms with Crippen LogP contribution in [-0.4, -0.2) is 22.4 Å². The van der Waals surface area contributed by atoms with E-state index in [-0.39, 0.29) is 11.9 Å². The van der Waals surface area contributed by atoms with E-state index in [0.29, 0.717) is 11.6 Å². The Bertz CT molecular complexity index is 369. The van der Waals surface area contributed by atoms with Gasteiger partial charge in [-0.05, 0) is 44.1 Å². The fraction of sp³-hybridized carbons (Fsp3) is 0.636. The zero-order chi connectivity index (χ0) is 11.5. The van der Waals surface area contributed by atoms with Crippen LogP contribution in [0.25, 0.3) is 0 Å². The quantitative estimate of drug-likeness (QED) is 0.821. The molecular weight excluding hydrogens is 222 g/mol. The molecule has 0 atom stereocenters. The van der Waals surface area contributed by atoms with Gasteiger partial charge in [0.2, 0.25) is 0 Å². The third-order valence-corrected chi connectivity index (χ3v) is 3.82. The Balaban J connectivity index is 1.91. The molecule has 0 aliphatic heterocycles. The number of nitrogens with one attached hydrogen (secondary N) is 1. The van der Waals surface area contributed by atoms with Crippen LogP contribution in [0.15, 0.2) is 5.38 Å².